The van der Waals surface area contributed by atoms with Crippen LogP contribution in [0.25, 0.3) is 11.6 Å². The topological polar surface area (TPSA) is 118 Å². The van der Waals surface area contributed by atoms with Gasteiger partial charge < -0.3 is 19.4 Å². The molecule has 0 bridgehead atoms. The largest absolute Gasteiger partial charge is 0.481 e. The van der Waals surface area contributed by atoms with Crippen molar-refractivity contribution in [3.63, 3.8) is 0 Å². The highest BCUT2D eigenvalue weighted by molar-refractivity contribution is 5.78. The standard InChI is InChI=1S/C18H23N3O5/c22-15(19-13-7-4-2-1-3-6-12(13)18(23)24)9-10-16-20-17(21-26-16)14-8-5-11-25-14/h5,8,11-13H,1-4,6-7,9-10H2,(H,19,22)(H,23,24). The van der Waals surface area contributed by atoms with Gasteiger partial charge in [0.05, 0.1) is 12.2 Å². The van der Waals surface area contributed by atoms with E-state index >= 15 is 0 Å². The number of hydrogen-bond acceptors (Lipinski definition) is 6. The average molecular weight is 361 g/mol. The molecule has 8 nitrogen and oxygen atoms in total. The molecule has 1 fully saturated rings. The first kappa shape index (κ1) is 18.2. The van der Waals surface area contributed by atoms with Gasteiger partial charge in [0.25, 0.3) is 0 Å². The fourth-order valence-corrected chi connectivity index (χ4v) is 3.31. The molecule has 2 atom stereocenters. The van der Waals surface area contributed by atoms with Crippen molar-refractivity contribution in [1.29, 1.82) is 0 Å². The molecule has 2 heterocycles. The second-order valence-corrected chi connectivity index (χ2v) is 6.60. The summed E-state index contributed by atoms with van der Waals surface area (Å²) in [7, 11) is 0. The van der Waals surface area contributed by atoms with Crippen LogP contribution in [0.15, 0.2) is 27.3 Å². The number of nitrogens with one attached hydrogen (secondary N) is 1. The van der Waals surface area contributed by atoms with Gasteiger partial charge in [0, 0.05) is 18.9 Å². The monoisotopic (exact) mass is 361 g/mol. The second kappa shape index (κ2) is 8.64. The lowest BCUT2D eigenvalue weighted by molar-refractivity contribution is -0.143. The van der Waals surface area contributed by atoms with Gasteiger partial charge in [-0.15, -0.1) is 0 Å². The first-order valence-electron chi connectivity index (χ1n) is 9.02. The van der Waals surface area contributed by atoms with E-state index in [1.807, 2.05) is 0 Å². The predicted molar refractivity (Wildman–Crippen MR) is 91.1 cm³/mol. The third-order valence-corrected chi connectivity index (χ3v) is 4.71. The zero-order chi connectivity index (χ0) is 18.4. The quantitative estimate of drug-likeness (QED) is 0.812. The normalized spacial score (nSPS) is 20.9. The van der Waals surface area contributed by atoms with Crippen LogP contribution in [0.1, 0.15) is 50.8 Å². The molecule has 1 aliphatic carbocycles. The zero-order valence-electron chi connectivity index (χ0n) is 14.5. The number of hydrogen-bond donors (Lipinski definition) is 2. The van der Waals surface area contributed by atoms with Crippen LogP contribution in [0.2, 0.25) is 0 Å². The Morgan fingerprint density at radius 1 is 1.23 bits per heavy atom. The molecule has 2 N–H and O–H groups in total. The molecule has 2 aromatic heterocycles. The Labute approximate surface area is 151 Å². The Morgan fingerprint density at radius 3 is 2.77 bits per heavy atom. The Bertz CT molecular complexity index is 725. The molecule has 8 heteroatoms. The number of carbonyl (C=O) groups is 2. The summed E-state index contributed by atoms with van der Waals surface area (Å²) in [5.41, 5.74) is 0. The molecule has 0 aliphatic heterocycles. The summed E-state index contributed by atoms with van der Waals surface area (Å²) >= 11 is 0. The number of aromatic nitrogens is 2. The lowest BCUT2D eigenvalue weighted by Crippen LogP contribution is -2.44. The number of furan rings is 1. The molecule has 140 valence electrons. The number of aliphatic carboxylic acids is 1. The number of carbonyl (C=O) groups excluding carboxylic acids is 1. The zero-order valence-corrected chi connectivity index (χ0v) is 14.5. The van der Waals surface area contributed by atoms with Crippen LogP contribution < -0.4 is 5.32 Å². The molecule has 0 aromatic carbocycles. The number of amides is 1. The summed E-state index contributed by atoms with van der Waals surface area (Å²) in [5, 5.41) is 16.2. The third kappa shape index (κ3) is 4.71. The van der Waals surface area contributed by atoms with Crippen molar-refractivity contribution in [3.8, 4) is 11.6 Å². The SMILES string of the molecule is O=C(CCc1nc(-c2ccco2)no1)NC1CCCCCCC1C(=O)O. The maximum Gasteiger partial charge on any atom is 0.308 e. The molecule has 0 spiro atoms. The van der Waals surface area contributed by atoms with E-state index in [-0.39, 0.29) is 18.4 Å². The molecular formula is C18H23N3O5. The Kier molecular flexibility index (Phi) is 6.04. The first-order valence-corrected chi connectivity index (χ1v) is 9.02. The Hall–Kier alpha value is -2.64. The fourth-order valence-electron chi connectivity index (χ4n) is 3.31. The lowest BCUT2D eigenvalue weighted by Gasteiger charge is -2.27. The summed E-state index contributed by atoms with van der Waals surface area (Å²) in [4.78, 5) is 28.0. The Morgan fingerprint density at radius 2 is 2.04 bits per heavy atom. The summed E-state index contributed by atoms with van der Waals surface area (Å²) < 4.78 is 10.3. The Balaban J connectivity index is 1.53. The van der Waals surface area contributed by atoms with Crippen LogP contribution in [-0.2, 0) is 16.0 Å². The molecule has 1 amide bonds. The van der Waals surface area contributed by atoms with Gasteiger partial charge in [-0.1, -0.05) is 30.8 Å². The molecule has 0 saturated heterocycles. The van der Waals surface area contributed by atoms with Crippen LogP contribution in [0.4, 0.5) is 0 Å². The van der Waals surface area contributed by atoms with Gasteiger partial charge in [-0.05, 0) is 25.0 Å². The van der Waals surface area contributed by atoms with Crippen LogP contribution in [0.5, 0.6) is 0 Å². The summed E-state index contributed by atoms with van der Waals surface area (Å²) in [6.45, 7) is 0. The van der Waals surface area contributed by atoms with E-state index in [9.17, 15) is 14.7 Å². The molecule has 1 saturated carbocycles. The van der Waals surface area contributed by atoms with Crippen LogP contribution in [0.3, 0.4) is 0 Å². The fraction of sp³-hybridized carbons (Fsp3) is 0.556. The highest BCUT2D eigenvalue weighted by atomic mass is 16.5. The van der Waals surface area contributed by atoms with E-state index in [1.54, 1.807) is 12.1 Å². The number of carboxylic acids is 1. The van der Waals surface area contributed by atoms with Crippen molar-refractivity contribution in [1.82, 2.24) is 15.5 Å². The van der Waals surface area contributed by atoms with E-state index in [0.29, 0.717) is 36.7 Å². The van der Waals surface area contributed by atoms with Gasteiger partial charge in [0.1, 0.15) is 0 Å². The van der Waals surface area contributed by atoms with E-state index in [4.69, 9.17) is 8.94 Å². The van der Waals surface area contributed by atoms with Crippen molar-refractivity contribution in [2.75, 3.05) is 0 Å². The maximum absolute atomic E-state index is 12.3. The van der Waals surface area contributed by atoms with E-state index in [2.05, 4.69) is 15.5 Å². The van der Waals surface area contributed by atoms with Crippen LogP contribution in [-0.4, -0.2) is 33.2 Å². The maximum atomic E-state index is 12.3. The number of nitrogens with zero attached hydrogens (tertiary/aromatic N) is 2. The van der Waals surface area contributed by atoms with Gasteiger partial charge in [-0.3, -0.25) is 9.59 Å². The number of rotatable bonds is 6. The molecule has 0 radical (unpaired) electrons. The summed E-state index contributed by atoms with van der Waals surface area (Å²) in [6.07, 6.45) is 7.25. The van der Waals surface area contributed by atoms with E-state index in [1.165, 1.54) is 6.26 Å². The van der Waals surface area contributed by atoms with Gasteiger partial charge in [0.15, 0.2) is 5.76 Å². The smallest absolute Gasteiger partial charge is 0.308 e. The number of carboxylic acid groups (broad SMARTS) is 1. The molecule has 2 unspecified atom stereocenters. The minimum absolute atomic E-state index is 0.169. The predicted octanol–water partition coefficient (Wildman–Crippen LogP) is 2.80. The van der Waals surface area contributed by atoms with Crippen LogP contribution >= 0.6 is 0 Å². The number of aryl methyl sites for hydroxylation is 1. The highest BCUT2D eigenvalue weighted by Gasteiger charge is 2.29. The van der Waals surface area contributed by atoms with Crippen LogP contribution in [0, 0.1) is 5.92 Å². The highest BCUT2D eigenvalue weighted by Crippen LogP contribution is 2.23. The summed E-state index contributed by atoms with van der Waals surface area (Å²) in [5.74, 6) is -0.358. The molecule has 2 aromatic rings. The third-order valence-electron chi connectivity index (χ3n) is 4.71. The van der Waals surface area contributed by atoms with Crippen molar-refractivity contribution < 1.29 is 23.6 Å². The average Bonchev–Trinajstić information content (AvgIpc) is 3.26. The van der Waals surface area contributed by atoms with E-state index < -0.39 is 11.9 Å². The van der Waals surface area contributed by atoms with Gasteiger partial charge >= 0.3 is 5.97 Å². The van der Waals surface area contributed by atoms with Crippen molar-refractivity contribution in [2.45, 2.75) is 57.4 Å². The first-order chi connectivity index (χ1) is 12.6. The minimum atomic E-state index is -0.836. The van der Waals surface area contributed by atoms with E-state index in [0.717, 1.165) is 25.7 Å². The molecule has 26 heavy (non-hydrogen) atoms. The van der Waals surface area contributed by atoms with Crippen molar-refractivity contribution >= 4 is 11.9 Å². The molecule has 3 rings (SSSR count). The molecular weight excluding hydrogens is 338 g/mol. The minimum Gasteiger partial charge on any atom is -0.481 e. The van der Waals surface area contributed by atoms with Gasteiger partial charge in [-0.2, -0.15) is 4.98 Å². The molecule has 1 aliphatic rings. The van der Waals surface area contributed by atoms with Gasteiger partial charge in [-0.25, -0.2) is 0 Å². The second-order valence-electron chi connectivity index (χ2n) is 6.60. The van der Waals surface area contributed by atoms with Gasteiger partial charge in [0.2, 0.25) is 17.6 Å². The lowest BCUT2D eigenvalue weighted by atomic mass is 9.86. The summed E-state index contributed by atoms with van der Waals surface area (Å²) in [6, 6.07) is 3.14. The van der Waals surface area contributed by atoms with Crippen molar-refractivity contribution in [2.24, 2.45) is 5.92 Å². The van der Waals surface area contributed by atoms with Crippen molar-refractivity contribution in [3.05, 3.63) is 24.3 Å².